The SMILES string of the molecule is CCCOc1ccc(C2=C(N(C)CCO)C(=O)N(c3ccc(F)c(F)c3)C2=O)cc1. The number of ether oxygens (including phenoxy) is 1. The standard InChI is InChI=1S/C22H22F2N2O4/c1-3-12-30-16-7-4-14(5-8-16)19-20(25(2)10-11-27)22(29)26(21(19)28)15-6-9-17(23)18(24)13-15/h4-9,13,27H,3,10-12H2,1-2H3. The van der Waals surface area contributed by atoms with E-state index in [1.807, 2.05) is 6.92 Å². The van der Waals surface area contributed by atoms with Gasteiger partial charge in [0.1, 0.15) is 11.4 Å². The molecule has 2 aromatic carbocycles. The Balaban J connectivity index is 2.04. The number of anilines is 1. The molecule has 30 heavy (non-hydrogen) atoms. The molecule has 0 aliphatic carbocycles. The lowest BCUT2D eigenvalue weighted by Crippen LogP contribution is -2.35. The molecule has 1 aliphatic rings. The Morgan fingerprint density at radius 2 is 1.73 bits per heavy atom. The van der Waals surface area contributed by atoms with Crippen molar-refractivity contribution in [2.45, 2.75) is 13.3 Å². The van der Waals surface area contributed by atoms with E-state index in [2.05, 4.69) is 0 Å². The number of benzene rings is 2. The van der Waals surface area contributed by atoms with Gasteiger partial charge >= 0.3 is 0 Å². The molecule has 0 atom stereocenters. The first-order valence-electron chi connectivity index (χ1n) is 9.52. The van der Waals surface area contributed by atoms with Gasteiger partial charge in [-0.15, -0.1) is 0 Å². The topological polar surface area (TPSA) is 70.1 Å². The third-order valence-electron chi connectivity index (χ3n) is 4.65. The number of halogens is 2. The number of aliphatic hydroxyl groups excluding tert-OH is 1. The molecule has 1 N–H and O–H groups in total. The first-order valence-corrected chi connectivity index (χ1v) is 9.52. The van der Waals surface area contributed by atoms with E-state index in [-0.39, 0.29) is 30.1 Å². The van der Waals surface area contributed by atoms with Crippen LogP contribution >= 0.6 is 0 Å². The van der Waals surface area contributed by atoms with Crippen LogP contribution in [0.4, 0.5) is 14.5 Å². The van der Waals surface area contributed by atoms with E-state index in [0.29, 0.717) is 17.9 Å². The molecule has 0 bridgehead atoms. The van der Waals surface area contributed by atoms with Crippen molar-refractivity contribution in [1.29, 1.82) is 0 Å². The second-order valence-electron chi connectivity index (χ2n) is 6.79. The Hall–Kier alpha value is -3.26. The van der Waals surface area contributed by atoms with Gasteiger partial charge in [-0.05, 0) is 36.2 Å². The predicted molar refractivity (Wildman–Crippen MR) is 108 cm³/mol. The number of imide groups is 1. The zero-order valence-electron chi connectivity index (χ0n) is 16.7. The van der Waals surface area contributed by atoms with Crippen LogP contribution in [0.5, 0.6) is 5.75 Å². The van der Waals surface area contributed by atoms with Crippen LogP contribution in [0.25, 0.3) is 5.57 Å². The summed E-state index contributed by atoms with van der Waals surface area (Å²) in [4.78, 5) is 28.6. The smallest absolute Gasteiger partial charge is 0.282 e. The van der Waals surface area contributed by atoms with Crippen LogP contribution in [0.1, 0.15) is 18.9 Å². The van der Waals surface area contributed by atoms with Gasteiger partial charge in [0, 0.05) is 19.7 Å². The fourth-order valence-electron chi connectivity index (χ4n) is 3.19. The van der Waals surface area contributed by atoms with Gasteiger partial charge in [0.2, 0.25) is 0 Å². The Morgan fingerprint density at radius 3 is 2.33 bits per heavy atom. The molecule has 1 heterocycles. The van der Waals surface area contributed by atoms with Crippen molar-refractivity contribution in [3.63, 3.8) is 0 Å². The number of nitrogens with zero attached hydrogens (tertiary/aromatic N) is 2. The third kappa shape index (κ3) is 4.04. The summed E-state index contributed by atoms with van der Waals surface area (Å²) in [6.07, 6.45) is 0.846. The molecule has 1 aliphatic heterocycles. The third-order valence-corrected chi connectivity index (χ3v) is 4.65. The van der Waals surface area contributed by atoms with Crippen LogP contribution in [-0.4, -0.2) is 48.6 Å². The number of hydrogen-bond donors (Lipinski definition) is 1. The highest BCUT2D eigenvalue weighted by Crippen LogP contribution is 2.35. The van der Waals surface area contributed by atoms with Crippen LogP contribution in [0.3, 0.4) is 0 Å². The number of likely N-dealkylation sites (N-methyl/N-ethyl adjacent to an activating group) is 1. The molecule has 0 spiro atoms. The maximum absolute atomic E-state index is 13.7. The average Bonchev–Trinajstić information content (AvgIpc) is 2.99. The quantitative estimate of drug-likeness (QED) is 0.670. The van der Waals surface area contributed by atoms with Gasteiger partial charge in [0.15, 0.2) is 11.6 Å². The molecule has 6 nitrogen and oxygen atoms in total. The number of rotatable bonds is 8. The van der Waals surface area contributed by atoms with Gasteiger partial charge < -0.3 is 14.7 Å². The summed E-state index contributed by atoms with van der Waals surface area (Å²) in [5.74, 6) is -2.95. The van der Waals surface area contributed by atoms with E-state index in [0.717, 1.165) is 23.5 Å². The molecule has 158 valence electrons. The van der Waals surface area contributed by atoms with E-state index >= 15 is 0 Å². The van der Waals surface area contributed by atoms with Crippen LogP contribution in [0.2, 0.25) is 0 Å². The Kier molecular flexibility index (Phi) is 6.47. The summed E-state index contributed by atoms with van der Waals surface area (Å²) in [6.45, 7) is 2.41. The molecule has 0 aromatic heterocycles. The zero-order valence-corrected chi connectivity index (χ0v) is 16.7. The fraction of sp³-hybridized carbons (Fsp3) is 0.273. The highest BCUT2D eigenvalue weighted by Gasteiger charge is 2.41. The van der Waals surface area contributed by atoms with Crippen LogP contribution in [-0.2, 0) is 9.59 Å². The molecule has 3 rings (SSSR count). The number of aliphatic hydroxyl groups is 1. The largest absolute Gasteiger partial charge is 0.494 e. The van der Waals surface area contributed by atoms with Crippen molar-refractivity contribution >= 4 is 23.1 Å². The number of hydrogen-bond acceptors (Lipinski definition) is 5. The van der Waals surface area contributed by atoms with Crippen molar-refractivity contribution in [3.05, 3.63) is 65.4 Å². The van der Waals surface area contributed by atoms with E-state index in [4.69, 9.17) is 4.74 Å². The average molecular weight is 416 g/mol. The van der Waals surface area contributed by atoms with Crippen LogP contribution in [0.15, 0.2) is 48.2 Å². The molecule has 8 heteroatoms. The summed E-state index contributed by atoms with van der Waals surface area (Å²) in [5, 5.41) is 9.29. The second kappa shape index (κ2) is 9.04. The molecule has 0 saturated carbocycles. The maximum Gasteiger partial charge on any atom is 0.282 e. The lowest BCUT2D eigenvalue weighted by molar-refractivity contribution is -0.120. The zero-order chi connectivity index (χ0) is 21.8. The van der Waals surface area contributed by atoms with E-state index in [1.54, 1.807) is 31.3 Å². The Morgan fingerprint density at radius 1 is 1.03 bits per heavy atom. The molecule has 0 unspecified atom stereocenters. The lowest BCUT2D eigenvalue weighted by atomic mass is 10.0. The van der Waals surface area contributed by atoms with Crippen molar-refractivity contribution in [1.82, 2.24) is 4.90 Å². The monoisotopic (exact) mass is 416 g/mol. The van der Waals surface area contributed by atoms with Gasteiger partial charge in [-0.3, -0.25) is 9.59 Å². The number of amides is 2. The summed E-state index contributed by atoms with van der Waals surface area (Å²) in [5.41, 5.74) is 0.586. The van der Waals surface area contributed by atoms with E-state index < -0.39 is 23.4 Å². The Bertz CT molecular complexity index is 989. The molecular formula is C22H22F2N2O4. The van der Waals surface area contributed by atoms with Gasteiger partial charge in [-0.1, -0.05) is 19.1 Å². The summed E-state index contributed by atoms with van der Waals surface area (Å²) in [6, 6.07) is 9.54. The maximum atomic E-state index is 13.7. The molecule has 0 radical (unpaired) electrons. The minimum Gasteiger partial charge on any atom is -0.494 e. The van der Waals surface area contributed by atoms with Crippen molar-refractivity contribution in [3.8, 4) is 5.75 Å². The molecule has 0 fully saturated rings. The summed E-state index contributed by atoms with van der Waals surface area (Å²) in [7, 11) is 1.57. The van der Waals surface area contributed by atoms with E-state index in [9.17, 15) is 23.5 Å². The molecule has 2 aromatic rings. The first kappa shape index (κ1) is 21.4. The summed E-state index contributed by atoms with van der Waals surface area (Å²) < 4.78 is 32.6. The number of carbonyl (C=O) groups is 2. The minimum atomic E-state index is -1.16. The molecule has 0 saturated heterocycles. The van der Waals surface area contributed by atoms with Gasteiger partial charge in [0.05, 0.1) is 24.5 Å². The summed E-state index contributed by atoms with van der Waals surface area (Å²) >= 11 is 0. The normalized spacial score (nSPS) is 14.0. The van der Waals surface area contributed by atoms with Crippen LogP contribution < -0.4 is 9.64 Å². The lowest BCUT2D eigenvalue weighted by Gasteiger charge is -2.20. The fourth-order valence-corrected chi connectivity index (χ4v) is 3.19. The highest BCUT2D eigenvalue weighted by atomic mass is 19.2. The molecule has 2 amide bonds. The molecular weight excluding hydrogens is 394 g/mol. The van der Waals surface area contributed by atoms with Crippen molar-refractivity contribution in [2.75, 3.05) is 31.7 Å². The first-order chi connectivity index (χ1) is 14.4. The second-order valence-corrected chi connectivity index (χ2v) is 6.79. The number of carbonyl (C=O) groups excluding carboxylic acids is 2. The van der Waals surface area contributed by atoms with Crippen molar-refractivity contribution in [2.24, 2.45) is 0 Å². The van der Waals surface area contributed by atoms with Crippen LogP contribution in [0, 0.1) is 11.6 Å². The Labute approximate surface area is 173 Å². The van der Waals surface area contributed by atoms with E-state index in [1.165, 1.54) is 11.0 Å². The van der Waals surface area contributed by atoms with Gasteiger partial charge in [-0.2, -0.15) is 0 Å². The predicted octanol–water partition coefficient (Wildman–Crippen LogP) is 2.96. The highest BCUT2D eigenvalue weighted by molar-refractivity contribution is 6.45. The van der Waals surface area contributed by atoms with Crippen molar-refractivity contribution < 1.29 is 28.2 Å². The van der Waals surface area contributed by atoms with Gasteiger partial charge in [-0.25, -0.2) is 13.7 Å². The van der Waals surface area contributed by atoms with Gasteiger partial charge in [0.25, 0.3) is 11.8 Å². The minimum absolute atomic E-state index is 0.0704.